The molecular weight excluding hydrogens is 174 g/mol. The van der Waals surface area contributed by atoms with Crippen LogP contribution >= 0.6 is 0 Å². The van der Waals surface area contributed by atoms with E-state index in [9.17, 15) is 0 Å². The number of rotatable bonds is 2. The molecule has 0 aliphatic carbocycles. The molecule has 1 aromatic carbocycles. The van der Waals surface area contributed by atoms with Gasteiger partial charge in [-0.15, -0.1) is 0 Å². The maximum atomic E-state index is 6.09. The lowest BCUT2D eigenvalue weighted by molar-refractivity contribution is 0.134. The summed E-state index contributed by atoms with van der Waals surface area (Å²) in [4.78, 5) is 0. The minimum Gasteiger partial charge on any atom is -0.372 e. The van der Waals surface area contributed by atoms with Gasteiger partial charge >= 0.3 is 0 Å². The van der Waals surface area contributed by atoms with Crippen LogP contribution in [0.4, 0.5) is 0 Å². The van der Waals surface area contributed by atoms with Crippen LogP contribution in [0.3, 0.4) is 0 Å². The van der Waals surface area contributed by atoms with E-state index >= 15 is 0 Å². The van der Waals surface area contributed by atoms with Gasteiger partial charge in [0.15, 0.2) is 0 Å². The van der Waals surface area contributed by atoms with Crippen molar-refractivity contribution in [1.82, 2.24) is 0 Å². The van der Waals surface area contributed by atoms with Crippen LogP contribution in [0.2, 0.25) is 0 Å². The molecule has 1 unspecified atom stereocenters. The summed E-state index contributed by atoms with van der Waals surface area (Å²) >= 11 is 0. The highest BCUT2D eigenvalue weighted by atomic mass is 16.5. The lowest BCUT2D eigenvalue weighted by Gasteiger charge is -2.16. The molecule has 1 aliphatic heterocycles. The molecule has 14 heavy (non-hydrogen) atoms. The molecule has 0 amide bonds. The Kier molecular flexibility index (Phi) is 2.57. The molecule has 1 aromatic rings. The summed E-state index contributed by atoms with van der Waals surface area (Å²) in [5.74, 6) is 0.482. The predicted octanol–water partition coefficient (Wildman–Crippen LogP) is 2.37. The predicted molar refractivity (Wildman–Crippen MR) is 56.7 cm³/mol. The van der Waals surface area contributed by atoms with Crippen LogP contribution in [0.15, 0.2) is 18.2 Å². The lowest BCUT2D eigenvalue weighted by atomic mass is 9.94. The highest BCUT2D eigenvalue weighted by Crippen LogP contribution is 2.25. The molecule has 1 heterocycles. The van der Waals surface area contributed by atoms with E-state index < -0.39 is 0 Å². The van der Waals surface area contributed by atoms with E-state index in [1.165, 1.54) is 16.7 Å². The Morgan fingerprint density at radius 3 is 2.64 bits per heavy atom. The molecule has 0 bridgehead atoms. The van der Waals surface area contributed by atoms with Crippen LogP contribution in [-0.4, -0.2) is 0 Å². The zero-order valence-corrected chi connectivity index (χ0v) is 8.79. The van der Waals surface area contributed by atoms with Gasteiger partial charge in [0.25, 0.3) is 0 Å². The third-order valence-corrected chi connectivity index (χ3v) is 2.85. The topological polar surface area (TPSA) is 35.2 Å². The molecule has 1 aliphatic rings. The molecule has 0 aromatic heterocycles. The largest absolute Gasteiger partial charge is 0.372 e. The standard InChI is InChI=1S/C12H17NO/c1-8(2)12(13)9-3-4-10-6-14-7-11(10)5-9/h3-5,8,12H,6-7,13H2,1-2H3. The van der Waals surface area contributed by atoms with Gasteiger partial charge in [-0.25, -0.2) is 0 Å². The van der Waals surface area contributed by atoms with Crippen molar-refractivity contribution in [3.63, 3.8) is 0 Å². The van der Waals surface area contributed by atoms with E-state index in [1.54, 1.807) is 0 Å². The zero-order valence-electron chi connectivity index (χ0n) is 8.79. The summed E-state index contributed by atoms with van der Waals surface area (Å²) in [5, 5.41) is 0. The van der Waals surface area contributed by atoms with Crippen molar-refractivity contribution in [2.75, 3.05) is 0 Å². The summed E-state index contributed by atoms with van der Waals surface area (Å²) in [6.07, 6.45) is 0. The summed E-state index contributed by atoms with van der Waals surface area (Å²) < 4.78 is 5.37. The fraction of sp³-hybridized carbons (Fsp3) is 0.500. The molecule has 2 nitrogen and oxygen atoms in total. The second-order valence-electron chi connectivity index (χ2n) is 4.29. The van der Waals surface area contributed by atoms with Crippen LogP contribution in [0.1, 0.15) is 36.6 Å². The number of benzene rings is 1. The first kappa shape index (κ1) is 9.69. The van der Waals surface area contributed by atoms with E-state index in [4.69, 9.17) is 10.5 Å². The molecule has 76 valence electrons. The van der Waals surface area contributed by atoms with Gasteiger partial charge in [0.2, 0.25) is 0 Å². The number of nitrogens with two attached hydrogens (primary N) is 1. The number of fused-ring (bicyclic) bond motifs is 1. The molecule has 2 N–H and O–H groups in total. The van der Waals surface area contributed by atoms with Crippen LogP contribution in [0.5, 0.6) is 0 Å². The van der Waals surface area contributed by atoms with Gasteiger partial charge in [-0.2, -0.15) is 0 Å². The molecule has 0 radical (unpaired) electrons. The molecule has 0 saturated carbocycles. The molecule has 1 atom stereocenters. The van der Waals surface area contributed by atoms with E-state index in [0.29, 0.717) is 5.92 Å². The van der Waals surface area contributed by atoms with Crippen molar-refractivity contribution in [2.45, 2.75) is 33.1 Å². The van der Waals surface area contributed by atoms with Crippen LogP contribution in [0.25, 0.3) is 0 Å². The Morgan fingerprint density at radius 2 is 1.93 bits per heavy atom. The van der Waals surface area contributed by atoms with Gasteiger partial charge in [-0.3, -0.25) is 0 Å². The van der Waals surface area contributed by atoms with E-state index in [-0.39, 0.29) is 6.04 Å². The Labute approximate surface area is 85.1 Å². The van der Waals surface area contributed by atoms with E-state index in [0.717, 1.165) is 13.2 Å². The van der Waals surface area contributed by atoms with E-state index in [2.05, 4.69) is 32.0 Å². The Balaban J connectivity index is 2.28. The van der Waals surface area contributed by atoms with Crippen molar-refractivity contribution < 1.29 is 4.74 Å². The second kappa shape index (κ2) is 3.71. The fourth-order valence-corrected chi connectivity index (χ4v) is 1.78. The summed E-state index contributed by atoms with van der Waals surface area (Å²) in [6, 6.07) is 6.59. The van der Waals surface area contributed by atoms with E-state index in [1.807, 2.05) is 0 Å². The minimum atomic E-state index is 0.140. The molecule has 2 heteroatoms. The third kappa shape index (κ3) is 1.68. The number of hydrogen-bond donors (Lipinski definition) is 1. The van der Waals surface area contributed by atoms with Crippen molar-refractivity contribution in [1.29, 1.82) is 0 Å². The average Bonchev–Trinajstić information content (AvgIpc) is 2.62. The summed E-state index contributed by atoms with van der Waals surface area (Å²) in [5.41, 5.74) is 9.93. The van der Waals surface area contributed by atoms with Gasteiger partial charge in [0.1, 0.15) is 0 Å². The molecular formula is C12H17NO. The summed E-state index contributed by atoms with van der Waals surface area (Å²) in [7, 11) is 0. The van der Waals surface area contributed by atoms with Gasteiger partial charge in [0.05, 0.1) is 13.2 Å². The molecule has 2 rings (SSSR count). The monoisotopic (exact) mass is 191 g/mol. The van der Waals surface area contributed by atoms with Crippen LogP contribution in [-0.2, 0) is 18.0 Å². The van der Waals surface area contributed by atoms with Gasteiger partial charge < -0.3 is 10.5 Å². The first-order valence-electron chi connectivity index (χ1n) is 5.13. The summed E-state index contributed by atoms with van der Waals surface area (Å²) in [6.45, 7) is 5.79. The van der Waals surface area contributed by atoms with Crippen molar-refractivity contribution in [2.24, 2.45) is 11.7 Å². The van der Waals surface area contributed by atoms with Crippen molar-refractivity contribution in [3.8, 4) is 0 Å². The quantitative estimate of drug-likeness (QED) is 0.779. The normalized spacial score (nSPS) is 17.1. The third-order valence-electron chi connectivity index (χ3n) is 2.85. The lowest BCUT2D eigenvalue weighted by Crippen LogP contribution is -2.16. The second-order valence-corrected chi connectivity index (χ2v) is 4.29. The average molecular weight is 191 g/mol. The maximum absolute atomic E-state index is 6.09. The van der Waals surface area contributed by atoms with Gasteiger partial charge in [-0.1, -0.05) is 32.0 Å². The van der Waals surface area contributed by atoms with Crippen LogP contribution in [0, 0.1) is 5.92 Å². The number of hydrogen-bond acceptors (Lipinski definition) is 2. The van der Waals surface area contributed by atoms with Gasteiger partial charge in [0, 0.05) is 6.04 Å². The first-order chi connectivity index (χ1) is 6.68. The minimum absolute atomic E-state index is 0.140. The van der Waals surface area contributed by atoms with Crippen molar-refractivity contribution in [3.05, 3.63) is 34.9 Å². The zero-order chi connectivity index (χ0) is 10.1. The molecule has 0 spiro atoms. The number of ether oxygens (including phenoxy) is 1. The maximum Gasteiger partial charge on any atom is 0.0725 e. The Morgan fingerprint density at radius 1 is 1.21 bits per heavy atom. The first-order valence-corrected chi connectivity index (χ1v) is 5.13. The highest BCUT2D eigenvalue weighted by molar-refractivity contribution is 5.34. The van der Waals surface area contributed by atoms with Crippen molar-refractivity contribution >= 4 is 0 Å². The Hall–Kier alpha value is -0.860. The SMILES string of the molecule is CC(C)C(N)c1ccc2c(c1)COC2. The highest BCUT2D eigenvalue weighted by Gasteiger charge is 2.15. The van der Waals surface area contributed by atoms with Crippen LogP contribution < -0.4 is 5.73 Å². The smallest absolute Gasteiger partial charge is 0.0725 e. The molecule has 0 fully saturated rings. The molecule has 0 saturated heterocycles. The Bertz CT molecular complexity index is 333. The van der Waals surface area contributed by atoms with Gasteiger partial charge in [-0.05, 0) is 22.6 Å². The fourth-order valence-electron chi connectivity index (χ4n) is 1.78.